The van der Waals surface area contributed by atoms with Crippen LogP contribution in [-0.4, -0.2) is 32.5 Å². The summed E-state index contributed by atoms with van der Waals surface area (Å²) in [5.41, 5.74) is 0.925. The molecule has 0 radical (unpaired) electrons. The first-order valence-corrected chi connectivity index (χ1v) is 8.09. The van der Waals surface area contributed by atoms with E-state index in [4.69, 9.17) is 17.0 Å². The van der Waals surface area contributed by atoms with Crippen LogP contribution in [0.5, 0.6) is 0 Å². The number of carbonyl (C=O) groups is 1. The predicted molar refractivity (Wildman–Crippen MR) is 91.2 cm³/mol. The molecule has 0 aliphatic carbocycles. The molecule has 2 rings (SSSR count). The van der Waals surface area contributed by atoms with Crippen LogP contribution in [0, 0.1) is 0 Å². The monoisotopic (exact) mass is 374 g/mol. The van der Waals surface area contributed by atoms with Gasteiger partial charge in [0.05, 0.1) is 12.4 Å². The molecule has 0 saturated carbocycles. The third kappa shape index (κ3) is 6.02. The topological polar surface area (TPSA) is 55.0 Å². The Morgan fingerprint density at radius 3 is 2.90 bits per heavy atom. The normalized spacial score (nSPS) is 9.75. The number of Topliss-reactive ketones (excluding diaryl/α,β-unsaturated/α-hetero) is 1. The van der Waals surface area contributed by atoms with Crippen LogP contribution in [0.3, 0.4) is 0 Å². The average Bonchev–Trinajstić information content (AvgIpc) is 2.87. The standard InChI is InChI=1S/C7H5BrN2.C6H10O2S2/c8-6-2-4-10-7-5(6)1-3-9-7;1-3-8-6(9)10-4-5(2)7/h1-4H,(H,9,10);3-4H2,1-2H3. The van der Waals surface area contributed by atoms with Gasteiger partial charge in [-0.05, 0) is 54.1 Å². The zero-order valence-electron chi connectivity index (χ0n) is 11.2. The molecule has 2 aromatic heterocycles. The fourth-order valence-corrected chi connectivity index (χ4v) is 2.50. The minimum absolute atomic E-state index is 0.118. The first-order chi connectivity index (χ1) is 9.54. The van der Waals surface area contributed by atoms with Crippen molar-refractivity contribution in [1.82, 2.24) is 9.97 Å². The van der Waals surface area contributed by atoms with Crippen LogP contribution in [0.2, 0.25) is 0 Å². The van der Waals surface area contributed by atoms with Gasteiger partial charge >= 0.3 is 0 Å². The highest BCUT2D eigenvalue weighted by Gasteiger charge is 1.99. The number of aromatic amines is 1. The van der Waals surface area contributed by atoms with Crippen molar-refractivity contribution >= 4 is 61.1 Å². The summed E-state index contributed by atoms with van der Waals surface area (Å²) in [5.74, 6) is 0.533. The number of ketones is 1. The van der Waals surface area contributed by atoms with Gasteiger partial charge in [0, 0.05) is 22.3 Å². The molecule has 0 aromatic carbocycles. The summed E-state index contributed by atoms with van der Waals surface area (Å²) in [4.78, 5) is 17.6. The molecule has 0 aliphatic heterocycles. The number of thioether (sulfide) groups is 1. The second-order valence-electron chi connectivity index (χ2n) is 3.71. The first kappa shape index (κ1) is 17.1. The van der Waals surface area contributed by atoms with E-state index in [2.05, 4.69) is 25.9 Å². The van der Waals surface area contributed by atoms with Gasteiger partial charge in [0.2, 0.25) is 4.38 Å². The molecule has 7 heteroatoms. The summed E-state index contributed by atoms with van der Waals surface area (Å²) in [6, 6.07) is 3.92. The SMILES string of the molecule is Brc1ccnc2[nH]ccc12.CCOC(=S)SCC(C)=O. The molecule has 108 valence electrons. The molecule has 2 heterocycles. The van der Waals surface area contributed by atoms with Gasteiger partial charge in [0.25, 0.3) is 0 Å². The van der Waals surface area contributed by atoms with Crippen molar-refractivity contribution < 1.29 is 9.53 Å². The van der Waals surface area contributed by atoms with E-state index in [9.17, 15) is 4.79 Å². The number of thiocarbonyl (C=S) groups is 1. The number of H-pyrrole nitrogens is 1. The first-order valence-electron chi connectivity index (χ1n) is 5.91. The minimum atomic E-state index is 0.118. The van der Waals surface area contributed by atoms with Gasteiger partial charge in [-0.3, -0.25) is 4.79 Å². The summed E-state index contributed by atoms with van der Waals surface area (Å²) in [6.07, 6.45) is 3.64. The highest BCUT2D eigenvalue weighted by Crippen LogP contribution is 2.19. The van der Waals surface area contributed by atoms with E-state index in [1.807, 2.05) is 25.3 Å². The molecule has 4 nitrogen and oxygen atoms in total. The van der Waals surface area contributed by atoms with Crippen molar-refractivity contribution in [2.45, 2.75) is 13.8 Å². The number of rotatable bonds is 3. The Kier molecular flexibility index (Phi) is 7.79. The second-order valence-corrected chi connectivity index (χ2v) is 6.14. The highest BCUT2D eigenvalue weighted by molar-refractivity contribution is 9.10. The molecule has 0 fully saturated rings. The summed E-state index contributed by atoms with van der Waals surface area (Å²) in [5, 5.41) is 1.13. The maximum Gasteiger partial charge on any atom is 0.220 e. The number of halogens is 1. The van der Waals surface area contributed by atoms with Crippen molar-refractivity contribution in [3.05, 3.63) is 29.0 Å². The lowest BCUT2D eigenvalue weighted by molar-refractivity contribution is -0.114. The van der Waals surface area contributed by atoms with Gasteiger partial charge in [-0.25, -0.2) is 4.98 Å². The van der Waals surface area contributed by atoms with Gasteiger partial charge in [-0.15, -0.1) is 0 Å². The number of carbonyl (C=O) groups excluding carboxylic acids is 1. The highest BCUT2D eigenvalue weighted by atomic mass is 79.9. The number of hydrogen-bond donors (Lipinski definition) is 1. The van der Waals surface area contributed by atoms with Crippen molar-refractivity contribution in [2.75, 3.05) is 12.4 Å². The van der Waals surface area contributed by atoms with E-state index < -0.39 is 0 Å². The summed E-state index contributed by atoms with van der Waals surface area (Å²) in [7, 11) is 0. The van der Waals surface area contributed by atoms with E-state index in [-0.39, 0.29) is 5.78 Å². The van der Waals surface area contributed by atoms with Crippen LogP contribution in [-0.2, 0) is 9.53 Å². The van der Waals surface area contributed by atoms with Crippen LogP contribution in [0.4, 0.5) is 0 Å². The number of fused-ring (bicyclic) bond motifs is 1. The van der Waals surface area contributed by atoms with Gasteiger partial charge in [0.15, 0.2) is 0 Å². The van der Waals surface area contributed by atoms with Crippen LogP contribution >= 0.6 is 39.9 Å². The van der Waals surface area contributed by atoms with Crippen molar-refractivity contribution in [2.24, 2.45) is 0 Å². The van der Waals surface area contributed by atoms with E-state index in [0.29, 0.717) is 16.7 Å². The number of nitrogens with zero attached hydrogens (tertiary/aromatic N) is 1. The number of hydrogen-bond acceptors (Lipinski definition) is 5. The molecule has 20 heavy (non-hydrogen) atoms. The molecule has 0 aliphatic rings. The summed E-state index contributed by atoms with van der Waals surface area (Å²) in [6.45, 7) is 3.96. The maximum absolute atomic E-state index is 10.4. The molecular formula is C13H15BrN2O2S2. The molecule has 0 spiro atoms. The second kappa shape index (κ2) is 9.10. The van der Waals surface area contributed by atoms with E-state index in [0.717, 1.165) is 15.5 Å². The fraction of sp³-hybridized carbons (Fsp3) is 0.308. The van der Waals surface area contributed by atoms with Gasteiger partial charge in [0.1, 0.15) is 11.4 Å². The van der Waals surface area contributed by atoms with Gasteiger partial charge < -0.3 is 9.72 Å². The Hall–Kier alpha value is -0.920. The minimum Gasteiger partial charge on any atom is -0.479 e. The summed E-state index contributed by atoms with van der Waals surface area (Å²) < 4.78 is 6.47. The number of nitrogens with one attached hydrogen (secondary N) is 1. The third-order valence-corrected chi connectivity index (χ3v) is 4.13. The van der Waals surface area contributed by atoms with Gasteiger partial charge in [-0.1, -0.05) is 11.8 Å². The summed E-state index contributed by atoms with van der Waals surface area (Å²) >= 11 is 9.44. The Morgan fingerprint density at radius 1 is 1.55 bits per heavy atom. The third-order valence-electron chi connectivity index (χ3n) is 2.06. The molecular weight excluding hydrogens is 360 g/mol. The lowest BCUT2D eigenvalue weighted by Crippen LogP contribution is -2.01. The Bertz CT molecular complexity index is 587. The Morgan fingerprint density at radius 2 is 2.30 bits per heavy atom. The van der Waals surface area contributed by atoms with Crippen LogP contribution in [0.15, 0.2) is 29.0 Å². The van der Waals surface area contributed by atoms with Crippen molar-refractivity contribution in [1.29, 1.82) is 0 Å². The fourth-order valence-electron chi connectivity index (χ4n) is 1.25. The zero-order valence-corrected chi connectivity index (χ0v) is 14.4. The van der Waals surface area contributed by atoms with Crippen LogP contribution in [0.1, 0.15) is 13.8 Å². The quantitative estimate of drug-likeness (QED) is 0.824. The number of aromatic nitrogens is 2. The van der Waals surface area contributed by atoms with E-state index in [1.165, 1.54) is 18.7 Å². The van der Waals surface area contributed by atoms with E-state index in [1.54, 1.807) is 6.20 Å². The Labute approximate surface area is 135 Å². The number of ether oxygens (including phenoxy) is 1. The molecule has 0 unspecified atom stereocenters. The molecule has 1 N–H and O–H groups in total. The smallest absolute Gasteiger partial charge is 0.220 e. The zero-order chi connectivity index (χ0) is 15.0. The Balaban J connectivity index is 0.000000200. The lowest BCUT2D eigenvalue weighted by Gasteiger charge is -2.00. The van der Waals surface area contributed by atoms with E-state index >= 15 is 0 Å². The van der Waals surface area contributed by atoms with Crippen LogP contribution < -0.4 is 0 Å². The predicted octanol–water partition coefficient (Wildman–Crippen LogP) is 3.96. The largest absolute Gasteiger partial charge is 0.479 e. The number of pyridine rings is 1. The molecule has 2 aromatic rings. The maximum atomic E-state index is 10.4. The molecule has 0 saturated heterocycles. The van der Waals surface area contributed by atoms with Crippen molar-refractivity contribution in [3.8, 4) is 0 Å². The molecule has 0 bridgehead atoms. The molecule has 0 amide bonds. The lowest BCUT2D eigenvalue weighted by atomic mass is 10.3. The average molecular weight is 375 g/mol. The van der Waals surface area contributed by atoms with Crippen molar-refractivity contribution in [3.63, 3.8) is 0 Å². The van der Waals surface area contributed by atoms with Crippen LogP contribution in [0.25, 0.3) is 11.0 Å². The van der Waals surface area contributed by atoms with Gasteiger partial charge in [-0.2, -0.15) is 0 Å². The molecule has 0 atom stereocenters.